The largest absolute Gasteiger partial charge is 0.444 e. The van der Waals surface area contributed by atoms with Gasteiger partial charge >= 0.3 is 6.09 Å². The first-order valence-corrected chi connectivity index (χ1v) is 5.55. The first-order chi connectivity index (χ1) is 7.26. The lowest BCUT2D eigenvalue weighted by atomic mass is 10.1. The summed E-state index contributed by atoms with van der Waals surface area (Å²) in [5.41, 5.74) is 4.61. The lowest BCUT2D eigenvalue weighted by Gasteiger charge is -2.22. The molecule has 0 saturated heterocycles. The predicted octanol–water partition coefficient (Wildman–Crippen LogP) is 1.56. The van der Waals surface area contributed by atoms with Crippen molar-refractivity contribution in [2.45, 2.75) is 58.6 Å². The number of ether oxygens (including phenoxy) is 1. The highest BCUT2D eigenvalue weighted by Gasteiger charge is 2.21. The average molecular weight is 230 g/mol. The predicted molar refractivity (Wildman–Crippen MR) is 61.9 cm³/mol. The van der Waals surface area contributed by atoms with Gasteiger partial charge in [-0.05, 0) is 27.2 Å². The molecule has 0 radical (unpaired) electrons. The molecule has 3 N–H and O–H groups in total. The normalized spacial score (nSPS) is 13.0. The van der Waals surface area contributed by atoms with E-state index < -0.39 is 23.6 Å². The molecule has 0 aromatic rings. The highest BCUT2D eigenvalue weighted by molar-refractivity contribution is 5.84. The number of carbonyl (C=O) groups is 2. The molecule has 0 bridgehead atoms. The Morgan fingerprint density at radius 1 is 1.38 bits per heavy atom. The third-order valence-corrected chi connectivity index (χ3v) is 1.88. The van der Waals surface area contributed by atoms with Crippen LogP contribution in [0, 0.1) is 0 Å². The van der Waals surface area contributed by atoms with Crippen LogP contribution >= 0.6 is 0 Å². The van der Waals surface area contributed by atoms with Gasteiger partial charge in [0.05, 0.1) is 0 Å². The second kappa shape index (κ2) is 6.35. The summed E-state index contributed by atoms with van der Waals surface area (Å²) in [7, 11) is 0. The molecule has 0 aliphatic carbocycles. The number of unbranched alkanes of at least 4 members (excludes halogenated alkanes) is 1. The fourth-order valence-electron chi connectivity index (χ4n) is 1.14. The van der Waals surface area contributed by atoms with E-state index in [0.717, 1.165) is 12.8 Å². The van der Waals surface area contributed by atoms with Gasteiger partial charge in [0.25, 0.3) is 0 Å². The Labute approximate surface area is 96.7 Å². The van der Waals surface area contributed by atoms with Crippen LogP contribution in [-0.4, -0.2) is 23.6 Å². The molecule has 0 saturated carbocycles. The van der Waals surface area contributed by atoms with Crippen molar-refractivity contribution >= 4 is 12.0 Å². The van der Waals surface area contributed by atoms with Crippen LogP contribution in [-0.2, 0) is 9.53 Å². The molecule has 0 spiro atoms. The molecular weight excluding hydrogens is 208 g/mol. The summed E-state index contributed by atoms with van der Waals surface area (Å²) in [6.07, 6.45) is 1.72. The van der Waals surface area contributed by atoms with E-state index in [4.69, 9.17) is 10.5 Å². The monoisotopic (exact) mass is 230 g/mol. The Bertz CT molecular complexity index is 246. The molecule has 0 unspecified atom stereocenters. The summed E-state index contributed by atoms with van der Waals surface area (Å²) in [6, 6.07) is -0.644. The Morgan fingerprint density at radius 3 is 2.31 bits per heavy atom. The Morgan fingerprint density at radius 2 is 1.94 bits per heavy atom. The topological polar surface area (TPSA) is 81.4 Å². The van der Waals surface area contributed by atoms with Gasteiger partial charge in [-0.2, -0.15) is 0 Å². The number of nitrogens with two attached hydrogens (primary N) is 1. The number of rotatable bonds is 5. The first kappa shape index (κ1) is 14.7. The van der Waals surface area contributed by atoms with Crippen molar-refractivity contribution in [3.05, 3.63) is 0 Å². The summed E-state index contributed by atoms with van der Waals surface area (Å²) in [5.74, 6) is -0.528. The third-order valence-electron chi connectivity index (χ3n) is 1.88. The highest BCUT2D eigenvalue weighted by atomic mass is 16.6. The van der Waals surface area contributed by atoms with Gasteiger partial charge in [-0.1, -0.05) is 19.8 Å². The van der Waals surface area contributed by atoms with Crippen LogP contribution in [0.2, 0.25) is 0 Å². The van der Waals surface area contributed by atoms with Crippen molar-refractivity contribution in [1.29, 1.82) is 0 Å². The van der Waals surface area contributed by atoms with Gasteiger partial charge in [-0.25, -0.2) is 4.79 Å². The Balaban J connectivity index is 4.19. The number of amides is 2. The van der Waals surface area contributed by atoms with Gasteiger partial charge in [-0.15, -0.1) is 0 Å². The van der Waals surface area contributed by atoms with E-state index in [1.54, 1.807) is 20.8 Å². The van der Waals surface area contributed by atoms with Crippen LogP contribution in [0.1, 0.15) is 47.0 Å². The molecule has 0 heterocycles. The second-order valence-corrected chi connectivity index (χ2v) is 4.74. The summed E-state index contributed by atoms with van der Waals surface area (Å²) in [5, 5.41) is 2.47. The SMILES string of the molecule is CCCC[C@H](NC(=O)OC(C)(C)C)C(N)=O. The molecular formula is C11H22N2O3. The van der Waals surface area contributed by atoms with Crippen molar-refractivity contribution < 1.29 is 14.3 Å². The summed E-state index contributed by atoms with van der Waals surface area (Å²) >= 11 is 0. The van der Waals surface area contributed by atoms with E-state index in [-0.39, 0.29) is 0 Å². The summed E-state index contributed by atoms with van der Waals surface area (Å²) in [6.45, 7) is 7.29. The smallest absolute Gasteiger partial charge is 0.408 e. The molecule has 0 aromatic carbocycles. The minimum absolute atomic E-state index is 0.528. The standard InChI is InChI=1S/C11H22N2O3/c1-5-6-7-8(9(12)14)13-10(15)16-11(2,3)4/h8H,5-7H2,1-4H3,(H2,12,14)(H,13,15)/t8-/m0/s1. The number of primary amides is 1. The van der Waals surface area contributed by atoms with Crippen molar-refractivity contribution in [3.8, 4) is 0 Å². The number of hydrogen-bond donors (Lipinski definition) is 2. The molecule has 94 valence electrons. The quantitative estimate of drug-likeness (QED) is 0.752. The number of alkyl carbamates (subject to hydrolysis) is 1. The minimum atomic E-state index is -0.644. The molecule has 2 amide bonds. The maximum absolute atomic E-state index is 11.4. The summed E-state index contributed by atoms with van der Waals surface area (Å²) < 4.78 is 5.04. The number of hydrogen-bond acceptors (Lipinski definition) is 3. The third kappa shape index (κ3) is 7.09. The van der Waals surface area contributed by atoms with Crippen molar-refractivity contribution in [2.75, 3.05) is 0 Å². The fourth-order valence-corrected chi connectivity index (χ4v) is 1.14. The van der Waals surface area contributed by atoms with Crippen LogP contribution in [0.15, 0.2) is 0 Å². The lowest BCUT2D eigenvalue weighted by Crippen LogP contribution is -2.46. The zero-order valence-electron chi connectivity index (χ0n) is 10.5. The van der Waals surface area contributed by atoms with E-state index in [2.05, 4.69) is 5.32 Å². The van der Waals surface area contributed by atoms with Crippen LogP contribution in [0.5, 0.6) is 0 Å². The van der Waals surface area contributed by atoms with Gasteiger partial charge in [0.2, 0.25) is 5.91 Å². The van der Waals surface area contributed by atoms with Gasteiger partial charge in [0.1, 0.15) is 11.6 Å². The Kier molecular flexibility index (Phi) is 5.85. The molecule has 16 heavy (non-hydrogen) atoms. The molecule has 5 nitrogen and oxygen atoms in total. The molecule has 1 atom stereocenters. The molecule has 0 aliphatic heterocycles. The average Bonchev–Trinajstić information content (AvgIpc) is 2.08. The Hall–Kier alpha value is -1.26. The lowest BCUT2D eigenvalue weighted by molar-refractivity contribution is -0.120. The van der Waals surface area contributed by atoms with Crippen LogP contribution in [0.25, 0.3) is 0 Å². The van der Waals surface area contributed by atoms with E-state index in [0.29, 0.717) is 6.42 Å². The van der Waals surface area contributed by atoms with Crippen LogP contribution in [0.4, 0.5) is 4.79 Å². The van der Waals surface area contributed by atoms with Gasteiger partial charge < -0.3 is 15.8 Å². The molecule has 0 aromatic heterocycles. The molecule has 0 fully saturated rings. The van der Waals surface area contributed by atoms with Gasteiger partial charge in [0.15, 0.2) is 0 Å². The summed E-state index contributed by atoms with van der Waals surface area (Å²) in [4.78, 5) is 22.5. The van der Waals surface area contributed by atoms with Crippen molar-refractivity contribution in [3.63, 3.8) is 0 Å². The number of carbonyl (C=O) groups excluding carboxylic acids is 2. The van der Waals surface area contributed by atoms with Gasteiger partial charge in [-0.3, -0.25) is 4.79 Å². The molecule has 0 aliphatic rings. The molecule has 0 rings (SSSR count). The van der Waals surface area contributed by atoms with Crippen LogP contribution < -0.4 is 11.1 Å². The zero-order chi connectivity index (χ0) is 12.8. The van der Waals surface area contributed by atoms with E-state index >= 15 is 0 Å². The number of nitrogens with one attached hydrogen (secondary N) is 1. The van der Waals surface area contributed by atoms with E-state index in [1.165, 1.54) is 0 Å². The van der Waals surface area contributed by atoms with Crippen molar-refractivity contribution in [1.82, 2.24) is 5.32 Å². The highest BCUT2D eigenvalue weighted by Crippen LogP contribution is 2.08. The zero-order valence-corrected chi connectivity index (χ0v) is 10.5. The second-order valence-electron chi connectivity index (χ2n) is 4.74. The minimum Gasteiger partial charge on any atom is -0.444 e. The van der Waals surface area contributed by atoms with E-state index in [9.17, 15) is 9.59 Å². The fraction of sp³-hybridized carbons (Fsp3) is 0.818. The maximum atomic E-state index is 11.4. The van der Waals surface area contributed by atoms with E-state index in [1.807, 2.05) is 6.92 Å². The maximum Gasteiger partial charge on any atom is 0.408 e. The van der Waals surface area contributed by atoms with Gasteiger partial charge in [0, 0.05) is 0 Å². The molecule has 5 heteroatoms. The first-order valence-electron chi connectivity index (χ1n) is 5.55. The van der Waals surface area contributed by atoms with Crippen LogP contribution in [0.3, 0.4) is 0 Å². The van der Waals surface area contributed by atoms with Crippen molar-refractivity contribution in [2.24, 2.45) is 5.73 Å².